The number of benzene rings is 2. The number of carbonyl (C=O) groups excluding carboxylic acids is 1. The first kappa shape index (κ1) is 20.2. The summed E-state index contributed by atoms with van der Waals surface area (Å²) in [5.41, 5.74) is 1.91. The van der Waals surface area contributed by atoms with Crippen LogP contribution in [-0.4, -0.2) is 23.3 Å². The molecule has 0 unspecified atom stereocenters. The minimum Gasteiger partial charge on any atom is -0.507 e. The molecular weight excluding hydrogens is 366 g/mol. The number of hydrogen-bond acceptors (Lipinski definition) is 4. The van der Waals surface area contributed by atoms with Gasteiger partial charge in [-0.05, 0) is 42.8 Å². The summed E-state index contributed by atoms with van der Waals surface area (Å²) < 4.78 is 51.3. The Hall–Kier alpha value is -3.10. The van der Waals surface area contributed by atoms with E-state index in [-0.39, 0.29) is 29.3 Å². The van der Waals surface area contributed by atoms with Crippen LogP contribution in [0.5, 0.6) is 5.75 Å². The lowest BCUT2D eigenvalue weighted by molar-refractivity contribution is -0.137. The third-order valence-corrected chi connectivity index (χ3v) is 3.56. The summed E-state index contributed by atoms with van der Waals surface area (Å²) >= 11 is 0. The van der Waals surface area contributed by atoms with E-state index >= 15 is 0 Å². The Labute approximate surface area is 152 Å². The molecule has 0 radical (unpaired) electrons. The van der Waals surface area contributed by atoms with Gasteiger partial charge in [0, 0.05) is 11.3 Å². The van der Waals surface area contributed by atoms with Gasteiger partial charge < -0.3 is 10.4 Å². The summed E-state index contributed by atoms with van der Waals surface area (Å²) in [5, 5.41) is 16.2. The largest absolute Gasteiger partial charge is 0.507 e. The first-order chi connectivity index (χ1) is 12.7. The van der Waals surface area contributed by atoms with Crippen LogP contribution >= 0.6 is 0 Å². The van der Waals surface area contributed by atoms with Crippen molar-refractivity contribution < 1.29 is 27.5 Å². The Morgan fingerprint density at radius 3 is 2.59 bits per heavy atom. The molecule has 0 spiro atoms. The van der Waals surface area contributed by atoms with Gasteiger partial charge >= 0.3 is 6.18 Å². The fraction of sp³-hybridized carbons (Fsp3) is 0.222. The standard InChI is InChI=1S/C18H17F4N3O2/c1-2-15(14-9-12(19)6-7-16(14)26)24-25-17(27)10-23-13-5-3-4-11(8-13)18(20,21)22/h3-9,23,26H,2,10H2,1H3,(H,25,27)/b24-15+. The highest BCUT2D eigenvalue weighted by Crippen LogP contribution is 2.30. The molecule has 0 saturated heterocycles. The molecule has 2 aromatic rings. The fourth-order valence-electron chi connectivity index (χ4n) is 2.23. The van der Waals surface area contributed by atoms with Crippen molar-refractivity contribution in [2.24, 2.45) is 5.10 Å². The number of aromatic hydroxyl groups is 1. The highest BCUT2D eigenvalue weighted by molar-refractivity contribution is 6.03. The molecule has 9 heteroatoms. The fourth-order valence-corrected chi connectivity index (χ4v) is 2.23. The van der Waals surface area contributed by atoms with E-state index in [2.05, 4.69) is 15.8 Å². The average molecular weight is 383 g/mol. The zero-order valence-corrected chi connectivity index (χ0v) is 14.3. The van der Waals surface area contributed by atoms with Crippen molar-refractivity contribution in [3.05, 3.63) is 59.4 Å². The number of hydrogen-bond donors (Lipinski definition) is 3. The zero-order valence-electron chi connectivity index (χ0n) is 14.3. The van der Waals surface area contributed by atoms with Crippen LogP contribution in [0.4, 0.5) is 23.2 Å². The molecule has 5 nitrogen and oxygen atoms in total. The minimum absolute atomic E-state index is 0.127. The van der Waals surface area contributed by atoms with Gasteiger partial charge in [-0.3, -0.25) is 4.79 Å². The molecule has 1 amide bonds. The molecule has 144 valence electrons. The predicted octanol–water partition coefficient (Wildman–Crippen LogP) is 3.89. The van der Waals surface area contributed by atoms with Crippen LogP contribution in [0.2, 0.25) is 0 Å². The predicted molar refractivity (Wildman–Crippen MR) is 93.0 cm³/mol. The van der Waals surface area contributed by atoms with Gasteiger partial charge in [0.1, 0.15) is 11.6 Å². The Bertz CT molecular complexity index is 851. The van der Waals surface area contributed by atoms with Gasteiger partial charge in [-0.15, -0.1) is 0 Å². The summed E-state index contributed by atoms with van der Waals surface area (Å²) in [4.78, 5) is 11.9. The number of anilines is 1. The third kappa shape index (κ3) is 5.70. The van der Waals surface area contributed by atoms with Gasteiger partial charge in [-0.1, -0.05) is 13.0 Å². The number of nitrogens with one attached hydrogen (secondary N) is 2. The maximum absolute atomic E-state index is 13.3. The van der Waals surface area contributed by atoms with Crippen LogP contribution in [0.15, 0.2) is 47.6 Å². The quantitative estimate of drug-likeness (QED) is 0.403. The lowest BCUT2D eigenvalue weighted by atomic mass is 10.1. The molecule has 2 rings (SSSR count). The minimum atomic E-state index is -4.48. The summed E-state index contributed by atoms with van der Waals surface area (Å²) in [6, 6.07) is 7.78. The van der Waals surface area contributed by atoms with Gasteiger partial charge in [-0.2, -0.15) is 18.3 Å². The van der Waals surface area contributed by atoms with Crippen molar-refractivity contribution in [3.63, 3.8) is 0 Å². The number of carbonyl (C=O) groups is 1. The van der Waals surface area contributed by atoms with Gasteiger partial charge in [0.15, 0.2) is 0 Å². The maximum atomic E-state index is 13.3. The van der Waals surface area contributed by atoms with Crippen LogP contribution in [-0.2, 0) is 11.0 Å². The molecule has 0 aliphatic carbocycles. The van der Waals surface area contributed by atoms with Crippen LogP contribution in [0, 0.1) is 5.82 Å². The topological polar surface area (TPSA) is 73.7 Å². The Morgan fingerprint density at radius 1 is 1.19 bits per heavy atom. The third-order valence-electron chi connectivity index (χ3n) is 3.56. The number of halogens is 4. The second-order valence-electron chi connectivity index (χ2n) is 5.54. The number of hydrazone groups is 1. The molecule has 0 heterocycles. The van der Waals surface area contributed by atoms with Crippen LogP contribution in [0.1, 0.15) is 24.5 Å². The number of amides is 1. The Kier molecular flexibility index (Phi) is 6.38. The normalized spacial score (nSPS) is 12.0. The SMILES string of the molecule is CC/C(=N\NC(=O)CNc1cccc(C(F)(F)F)c1)c1cc(F)ccc1O. The van der Waals surface area contributed by atoms with Crippen molar-refractivity contribution in [3.8, 4) is 5.75 Å². The zero-order chi connectivity index (χ0) is 20.0. The number of alkyl halides is 3. The van der Waals surface area contributed by atoms with E-state index in [4.69, 9.17) is 0 Å². The second-order valence-corrected chi connectivity index (χ2v) is 5.54. The van der Waals surface area contributed by atoms with Gasteiger partial charge in [-0.25, -0.2) is 9.82 Å². The highest BCUT2D eigenvalue weighted by atomic mass is 19.4. The average Bonchev–Trinajstić information content (AvgIpc) is 2.62. The molecular formula is C18H17F4N3O2. The monoisotopic (exact) mass is 383 g/mol. The van der Waals surface area contributed by atoms with Gasteiger partial charge in [0.2, 0.25) is 0 Å². The van der Waals surface area contributed by atoms with E-state index in [9.17, 15) is 27.5 Å². The van der Waals surface area contributed by atoms with E-state index < -0.39 is 23.5 Å². The molecule has 2 aromatic carbocycles. The highest BCUT2D eigenvalue weighted by Gasteiger charge is 2.30. The number of phenols is 1. The smallest absolute Gasteiger partial charge is 0.416 e. The van der Waals surface area contributed by atoms with Crippen molar-refractivity contribution >= 4 is 17.3 Å². The molecule has 0 aliphatic heterocycles. The van der Waals surface area contributed by atoms with E-state index in [1.54, 1.807) is 6.92 Å². The number of nitrogens with zero attached hydrogens (tertiary/aromatic N) is 1. The van der Waals surface area contributed by atoms with E-state index in [1.165, 1.54) is 18.2 Å². The molecule has 0 aliphatic rings. The second kappa shape index (κ2) is 8.52. The molecule has 0 aromatic heterocycles. The van der Waals surface area contributed by atoms with Crippen molar-refractivity contribution in [1.29, 1.82) is 0 Å². The van der Waals surface area contributed by atoms with Gasteiger partial charge in [0.05, 0.1) is 17.8 Å². The van der Waals surface area contributed by atoms with E-state index in [0.29, 0.717) is 6.42 Å². The number of phenolic OH excluding ortho intramolecular Hbond substituents is 1. The Balaban J connectivity index is 2.01. The van der Waals surface area contributed by atoms with E-state index in [0.717, 1.165) is 24.3 Å². The van der Waals surface area contributed by atoms with Gasteiger partial charge in [0.25, 0.3) is 5.91 Å². The summed E-state index contributed by atoms with van der Waals surface area (Å²) in [7, 11) is 0. The summed E-state index contributed by atoms with van der Waals surface area (Å²) in [6.07, 6.45) is -4.18. The lowest BCUT2D eigenvalue weighted by Gasteiger charge is -2.10. The lowest BCUT2D eigenvalue weighted by Crippen LogP contribution is -2.27. The Morgan fingerprint density at radius 2 is 1.93 bits per heavy atom. The molecule has 0 fully saturated rings. The molecule has 0 saturated carbocycles. The van der Waals surface area contributed by atoms with Crippen LogP contribution in [0.3, 0.4) is 0 Å². The first-order valence-corrected chi connectivity index (χ1v) is 7.96. The summed E-state index contributed by atoms with van der Waals surface area (Å²) in [6.45, 7) is 1.38. The number of rotatable bonds is 6. The van der Waals surface area contributed by atoms with Crippen molar-refractivity contribution in [1.82, 2.24) is 5.43 Å². The molecule has 0 bridgehead atoms. The molecule has 3 N–H and O–H groups in total. The van der Waals surface area contributed by atoms with Crippen molar-refractivity contribution in [2.75, 3.05) is 11.9 Å². The molecule has 0 atom stereocenters. The van der Waals surface area contributed by atoms with E-state index in [1.807, 2.05) is 0 Å². The van der Waals surface area contributed by atoms with Crippen LogP contribution in [0.25, 0.3) is 0 Å². The molecule has 27 heavy (non-hydrogen) atoms. The summed E-state index contributed by atoms with van der Waals surface area (Å²) in [5.74, 6) is -1.37. The first-order valence-electron chi connectivity index (χ1n) is 7.96. The van der Waals surface area contributed by atoms with Crippen LogP contribution < -0.4 is 10.7 Å². The van der Waals surface area contributed by atoms with Crippen molar-refractivity contribution in [2.45, 2.75) is 19.5 Å². The maximum Gasteiger partial charge on any atom is 0.416 e.